The summed E-state index contributed by atoms with van der Waals surface area (Å²) in [5.41, 5.74) is 6.85. The lowest BCUT2D eigenvalue weighted by Crippen LogP contribution is -2.37. The lowest BCUT2D eigenvalue weighted by Gasteiger charge is -2.31. The SMILES string of the molecule is CCC(CC)N(CCO)c1ccc(C(C)N)cn1. The van der Waals surface area contributed by atoms with Gasteiger partial charge < -0.3 is 15.7 Å². The molecule has 0 radical (unpaired) electrons. The molecule has 1 unspecified atom stereocenters. The van der Waals surface area contributed by atoms with Gasteiger partial charge in [-0.15, -0.1) is 0 Å². The van der Waals surface area contributed by atoms with E-state index in [0.717, 1.165) is 24.2 Å². The van der Waals surface area contributed by atoms with Crippen molar-refractivity contribution in [1.82, 2.24) is 4.98 Å². The minimum Gasteiger partial charge on any atom is -0.395 e. The summed E-state index contributed by atoms with van der Waals surface area (Å²) in [6, 6.07) is 4.43. The number of aliphatic hydroxyl groups is 1. The fourth-order valence-electron chi connectivity index (χ4n) is 2.16. The molecule has 102 valence electrons. The maximum Gasteiger partial charge on any atom is 0.128 e. The van der Waals surface area contributed by atoms with Crippen LogP contribution >= 0.6 is 0 Å². The molecule has 0 aromatic carbocycles. The lowest BCUT2D eigenvalue weighted by molar-refractivity contribution is 0.295. The number of hydrogen-bond donors (Lipinski definition) is 2. The fourth-order valence-corrected chi connectivity index (χ4v) is 2.16. The third-order valence-electron chi connectivity index (χ3n) is 3.31. The highest BCUT2D eigenvalue weighted by molar-refractivity contribution is 5.41. The van der Waals surface area contributed by atoms with Gasteiger partial charge in [-0.25, -0.2) is 4.98 Å². The maximum atomic E-state index is 9.19. The van der Waals surface area contributed by atoms with E-state index in [9.17, 15) is 5.11 Å². The summed E-state index contributed by atoms with van der Waals surface area (Å²) in [5, 5.41) is 9.19. The van der Waals surface area contributed by atoms with E-state index >= 15 is 0 Å². The Balaban J connectivity index is 2.91. The molecule has 4 heteroatoms. The molecule has 1 aromatic heterocycles. The van der Waals surface area contributed by atoms with Gasteiger partial charge in [-0.2, -0.15) is 0 Å². The average Bonchev–Trinajstić information content (AvgIpc) is 2.39. The topological polar surface area (TPSA) is 62.4 Å². The Morgan fingerprint density at radius 3 is 2.39 bits per heavy atom. The van der Waals surface area contributed by atoms with E-state index in [1.165, 1.54) is 0 Å². The molecule has 0 aliphatic rings. The molecule has 0 fully saturated rings. The van der Waals surface area contributed by atoms with Gasteiger partial charge in [0, 0.05) is 24.8 Å². The first kappa shape index (κ1) is 14.9. The number of nitrogens with zero attached hydrogens (tertiary/aromatic N) is 2. The molecular formula is C14H25N3O. The van der Waals surface area contributed by atoms with Gasteiger partial charge in [0.05, 0.1) is 6.61 Å². The zero-order chi connectivity index (χ0) is 13.5. The number of rotatable bonds is 7. The van der Waals surface area contributed by atoms with Crippen LogP contribution in [-0.4, -0.2) is 29.3 Å². The zero-order valence-electron chi connectivity index (χ0n) is 11.6. The molecule has 1 rings (SSSR count). The average molecular weight is 251 g/mol. The van der Waals surface area contributed by atoms with Crippen LogP contribution in [0.2, 0.25) is 0 Å². The molecule has 1 heterocycles. The second kappa shape index (κ2) is 7.34. The molecule has 3 N–H and O–H groups in total. The number of hydrogen-bond acceptors (Lipinski definition) is 4. The smallest absolute Gasteiger partial charge is 0.128 e. The minimum atomic E-state index is 0.00555. The van der Waals surface area contributed by atoms with Gasteiger partial charge in [-0.1, -0.05) is 19.9 Å². The monoisotopic (exact) mass is 251 g/mol. The van der Waals surface area contributed by atoms with Gasteiger partial charge in [0.15, 0.2) is 0 Å². The first-order valence-electron chi connectivity index (χ1n) is 6.73. The molecular weight excluding hydrogens is 226 g/mol. The number of aromatic nitrogens is 1. The van der Waals surface area contributed by atoms with E-state index in [1.807, 2.05) is 25.3 Å². The molecule has 4 nitrogen and oxygen atoms in total. The van der Waals surface area contributed by atoms with Crippen LogP contribution in [0.25, 0.3) is 0 Å². The molecule has 0 saturated carbocycles. The van der Waals surface area contributed by atoms with Gasteiger partial charge >= 0.3 is 0 Å². The van der Waals surface area contributed by atoms with Gasteiger partial charge in [-0.05, 0) is 31.4 Å². The highest BCUT2D eigenvalue weighted by Gasteiger charge is 2.16. The van der Waals surface area contributed by atoms with Crippen LogP contribution in [0.1, 0.15) is 45.2 Å². The summed E-state index contributed by atoms with van der Waals surface area (Å²) < 4.78 is 0. The van der Waals surface area contributed by atoms with Crippen LogP contribution in [0.15, 0.2) is 18.3 Å². The van der Waals surface area contributed by atoms with Crippen LogP contribution in [0.5, 0.6) is 0 Å². The number of pyridine rings is 1. The highest BCUT2D eigenvalue weighted by Crippen LogP contribution is 2.19. The lowest BCUT2D eigenvalue weighted by atomic mass is 10.1. The summed E-state index contributed by atoms with van der Waals surface area (Å²) in [4.78, 5) is 6.64. The number of anilines is 1. The first-order chi connectivity index (χ1) is 8.63. The third-order valence-corrected chi connectivity index (χ3v) is 3.31. The molecule has 0 aliphatic heterocycles. The summed E-state index contributed by atoms with van der Waals surface area (Å²) in [5.74, 6) is 0.919. The minimum absolute atomic E-state index is 0.00555. The van der Waals surface area contributed by atoms with Gasteiger partial charge in [0.1, 0.15) is 5.82 Å². The van der Waals surface area contributed by atoms with Crippen molar-refractivity contribution in [2.45, 2.75) is 45.7 Å². The van der Waals surface area contributed by atoms with Crippen molar-refractivity contribution in [1.29, 1.82) is 0 Å². The molecule has 0 saturated heterocycles. The quantitative estimate of drug-likeness (QED) is 0.779. The zero-order valence-corrected chi connectivity index (χ0v) is 11.6. The first-order valence-corrected chi connectivity index (χ1v) is 6.73. The summed E-state index contributed by atoms with van der Waals surface area (Å²) in [7, 11) is 0. The van der Waals surface area contributed by atoms with Gasteiger partial charge in [0.2, 0.25) is 0 Å². The molecule has 0 amide bonds. The molecule has 0 spiro atoms. The Morgan fingerprint density at radius 2 is 2.00 bits per heavy atom. The fraction of sp³-hybridized carbons (Fsp3) is 0.643. The Labute approximate surface area is 110 Å². The predicted molar refractivity (Wildman–Crippen MR) is 75.6 cm³/mol. The van der Waals surface area contributed by atoms with Crippen LogP contribution in [0.4, 0.5) is 5.82 Å². The number of nitrogens with two attached hydrogens (primary N) is 1. The van der Waals surface area contributed by atoms with Crippen LogP contribution in [-0.2, 0) is 0 Å². The van der Waals surface area contributed by atoms with Crippen molar-refractivity contribution in [3.63, 3.8) is 0 Å². The van der Waals surface area contributed by atoms with Crippen LogP contribution < -0.4 is 10.6 Å². The summed E-state index contributed by atoms with van der Waals surface area (Å²) in [6.45, 7) is 7.04. The highest BCUT2D eigenvalue weighted by atomic mass is 16.3. The Hall–Kier alpha value is -1.13. The maximum absolute atomic E-state index is 9.19. The van der Waals surface area contributed by atoms with Crippen molar-refractivity contribution in [3.05, 3.63) is 23.9 Å². The van der Waals surface area contributed by atoms with Gasteiger partial charge in [-0.3, -0.25) is 0 Å². The Bertz CT molecular complexity index is 333. The van der Waals surface area contributed by atoms with Crippen molar-refractivity contribution < 1.29 is 5.11 Å². The van der Waals surface area contributed by atoms with Crippen molar-refractivity contribution in [3.8, 4) is 0 Å². The molecule has 1 atom stereocenters. The standard InChI is InChI=1S/C14H25N3O/c1-4-13(5-2)17(8-9-18)14-7-6-12(10-16-14)11(3)15/h6-7,10-11,13,18H,4-5,8-9,15H2,1-3H3. The second-order valence-electron chi connectivity index (χ2n) is 4.63. The molecule has 0 aliphatic carbocycles. The van der Waals surface area contributed by atoms with Crippen LogP contribution in [0.3, 0.4) is 0 Å². The van der Waals surface area contributed by atoms with E-state index in [4.69, 9.17) is 5.73 Å². The number of aliphatic hydroxyl groups excluding tert-OH is 1. The largest absolute Gasteiger partial charge is 0.395 e. The van der Waals surface area contributed by atoms with Crippen molar-refractivity contribution >= 4 is 5.82 Å². The molecule has 0 bridgehead atoms. The summed E-state index contributed by atoms with van der Waals surface area (Å²) in [6.07, 6.45) is 3.92. The van der Waals surface area contributed by atoms with E-state index in [0.29, 0.717) is 12.6 Å². The van der Waals surface area contributed by atoms with E-state index in [1.54, 1.807) is 0 Å². The van der Waals surface area contributed by atoms with Gasteiger partial charge in [0.25, 0.3) is 0 Å². The van der Waals surface area contributed by atoms with Crippen molar-refractivity contribution in [2.24, 2.45) is 5.73 Å². The second-order valence-corrected chi connectivity index (χ2v) is 4.63. The van der Waals surface area contributed by atoms with E-state index in [2.05, 4.69) is 23.7 Å². The molecule has 1 aromatic rings. The normalized spacial score (nSPS) is 12.8. The molecule has 18 heavy (non-hydrogen) atoms. The Kier molecular flexibility index (Phi) is 6.09. The predicted octanol–water partition coefficient (Wildman–Crippen LogP) is 2.09. The van der Waals surface area contributed by atoms with Crippen LogP contribution in [0, 0.1) is 0 Å². The van der Waals surface area contributed by atoms with E-state index in [-0.39, 0.29) is 12.6 Å². The summed E-state index contributed by atoms with van der Waals surface area (Å²) >= 11 is 0. The Morgan fingerprint density at radius 1 is 1.33 bits per heavy atom. The third kappa shape index (κ3) is 3.68. The van der Waals surface area contributed by atoms with Crippen molar-refractivity contribution in [2.75, 3.05) is 18.1 Å². The van der Waals surface area contributed by atoms with E-state index < -0.39 is 0 Å².